The van der Waals surface area contributed by atoms with E-state index in [1.807, 2.05) is 20.8 Å². The molecule has 0 radical (unpaired) electrons. The van der Waals surface area contributed by atoms with Gasteiger partial charge in [0.2, 0.25) is 5.91 Å². The number of hydrogen-bond donors (Lipinski definition) is 2. The minimum atomic E-state index is -3.73. The molecular weight excluding hydrogens is 298 g/mol. The molecule has 18 heavy (non-hydrogen) atoms. The van der Waals surface area contributed by atoms with Gasteiger partial charge in [-0.05, 0) is 20.8 Å². The summed E-state index contributed by atoms with van der Waals surface area (Å²) in [4.78, 5) is 15.1. The smallest absolute Gasteiger partial charge is 0.252 e. The van der Waals surface area contributed by atoms with Gasteiger partial charge in [0.05, 0.1) is 12.7 Å². The summed E-state index contributed by atoms with van der Waals surface area (Å²) in [7, 11) is -3.73. The standard InChI is InChI=1S/C9H14ClN3O3S2/c1-9(2,3)13-6(14)4-12-18(15,16)7-5-11-8(10)17-7/h5,12H,4H2,1-3H3,(H,13,14). The highest BCUT2D eigenvalue weighted by Crippen LogP contribution is 2.21. The van der Waals surface area contributed by atoms with Gasteiger partial charge in [0.25, 0.3) is 10.0 Å². The Kier molecular flexibility index (Phi) is 4.71. The van der Waals surface area contributed by atoms with E-state index in [0.29, 0.717) is 0 Å². The van der Waals surface area contributed by atoms with Gasteiger partial charge in [0, 0.05) is 5.54 Å². The van der Waals surface area contributed by atoms with Crippen molar-refractivity contribution in [2.24, 2.45) is 0 Å². The maximum Gasteiger partial charge on any atom is 0.252 e. The first-order valence-corrected chi connectivity index (χ1v) is 7.70. The monoisotopic (exact) mass is 311 g/mol. The average molecular weight is 312 g/mol. The van der Waals surface area contributed by atoms with Gasteiger partial charge >= 0.3 is 0 Å². The number of carbonyl (C=O) groups is 1. The van der Waals surface area contributed by atoms with Gasteiger partial charge in [-0.3, -0.25) is 4.79 Å². The van der Waals surface area contributed by atoms with Crippen molar-refractivity contribution in [3.63, 3.8) is 0 Å². The highest BCUT2D eigenvalue weighted by Gasteiger charge is 2.20. The van der Waals surface area contributed by atoms with Crippen molar-refractivity contribution in [2.45, 2.75) is 30.5 Å². The molecular formula is C9H14ClN3O3S2. The molecule has 0 aliphatic rings. The second-order valence-electron chi connectivity index (χ2n) is 4.55. The number of aromatic nitrogens is 1. The minimum Gasteiger partial charge on any atom is -0.350 e. The average Bonchev–Trinajstić information content (AvgIpc) is 2.60. The summed E-state index contributed by atoms with van der Waals surface area (Å²) in [5.41, 5.74) is -0.406. The molecule has 6 nitrogen and oxygen atoms in total. The first kappa shape index (κ1) is 15.4. The predicted octanol–water partition coefficient (Wildman–Crippen LogP) is 0.990. The number of amides is 1. The van der Waals surface area contributed by atoms with E-state index in [-0.39, 0.29) is 15.2 Å². The third kappa shape index (κ3) is 4.89. The van der Waals surface area contributed by atoms with Crippen LogP contribution in [0.25, 0.3) is 0 Å². The first-order chi connectivity index (χ1) is 8.10. The Morgan fingerprint density at radius 2 is 2.11 bits per heavy atom. The van der Waals surface area contributed by atoms with Crippen molar-refractivity contribution in [2.75, 3.05) is 6.54 Å². The Bertz CT molecular complexity index is 533. The lowest BCUT2D eigenvalue weighted by molar-refractivity contribution is -0.121. The first-order valence-electron chi connectivity index (χ1n) is 5.02. The molecule has 1 amide bonds. The van der Waals surface area contributed by atoms with Crippen LogP contribution in [0, 0.1) is 0 Å². The third-order valence-corrected chi connectivity index (χ3v) is 4.64. The number of halogens is 1. The van der Waals surface area contributed by atoms with Crippen molar-refractivity contribution < 1.29 is 13.2 Å². The zero-order valence-electron chi connectivity index (χ0n) is 10.2. The van der Waals surface area contributed by atoms with Crippen LogP contribution in [0.15, 0.2) is 10.4 Å². The second kappa shape index (κ2) is 5.52. The summed E-state index contributed by atoms with van der Waals surface area (Å²) < 4.78 is 25.8. The van der Waals surface area contributed by atoms with Crippen LogP contribution < -0.4 is 10.0 Å². The van der Waals surface area contributed by atoms with E-state index in [9.17, 15) is 13.2 Å². The van der Waals surface area contributed by atoms with Crippen LogP contribution in [0.4, 0.5) is 0 Å². The molecule has 9 heteroatoms. The fourth-order valence-electron chi connectivity index (χ4n) is 1.06. The lowest BCUT2D eigenvalue weighted by Crippen LogP contribution is -2.45. The normalized spacial score (nSPS) is 12.4. The van der Waals surface area contributed by atoms with Crippen LogP contribution in [0.5, 0.6) is 0 Å². The summed E-state index contributed by atoms with van der Waals surface area (Å²) in [6.45, 7) is 5.10. The molecule has 1 aromatic rings. The van der Waals surface area contributed by atoms with Crippen molar-refractivity contribution in [1.82, 2.24) is 15.0 Å². The van der Waals surface area contributed by atoms with Gasteiger partial charge in [0.1, 0.15) is 0 Å². The molecule has 0 aliphatic carbocycles. The molecule has 0 fully saturated rings. The van der Waals surface area contributed by atoms with Crippen molar-refractivity contribution in [1.29, 1.82) is 0 Å². The quantitative estimate of drug-likeness (QED) is 0.868. The van der Waals surface area contributed by atoms with Gasteiger partial charge in [-0.25, -0.2) is 18.1 Å². The molecule has 1 aromatic heterocycles. The van der Waals surface area contributed by atoms with Gasteiger partial charge in [0.15, 0.2) is 8.68 Å². The van der Waals surface area contributed by atoms with Crippen molar-refractivity contribution in [3.05, 3.63) is 10.7 Å². The minimum absolute atomic E-state index is 0.0175. The highest BCUT2D eigenvalue weighted by molar-refractivity contribution is 7.91. The Balaban J connectivity index is 2.61. The maximum atomic E-state index is 11.7. The van der Waals surface area contributed by atoms with Crippen LogP contribution in [-0.2, 0) is 14.8 Å². The van der Waals surface area contributed by atoms with Crippen LogP contribution in [-0.4, -0.2) is 31.4 Å². The number of sulfonamides is 1. The number of hydrogen-bond acceptors (Lipinski definition) is 5. The predicted molar refractivity (Wildman–Crippen MR) is 70.2 cm³/mol. The summed E-state index contributed by atoms with van der Waals surface area (Å²) in [5.74, 6) is -0.401. The summed E-state index contributed by atoms with van der Waals surface area (Å²) in [5, 5.41) is 2.64. The number of rotatable bonds is 4. The summed E-state index contributed by atoms with van der Waals surface area (Å²) >= 11 is 6.38. The largest absolute Gasteiger partial charge is 0.350 e. The molecule has 0 saturated carbocycles. The van der Waals surface area contributed by atoms with E-state index in [2.05, 4.69) is 15.0 Å². The van der Waals surface area contributed by atoms with E-state index in [1.165, 1.54) is 0 Å². The summed E-state index contributed by atoms with van der Waals surface area (Å²) in [6, 6.07) is 0. The molecule has 0 aromatic carbocycles. The SMILES string of the molecule is CC(C)(C)NC(=O)CNS(=O)(=O)c1cnc(Cl)s1. The van der Waals surface area contributed by atoms with Gasteiger partial charge in [-0.2, -0.15) is 0 Å². The van der Waals surface area contributed by atoms with Gasteiger partial charge in [-0.1, -0.05) is 22.9 Å². The molecule has 0 spiro atoms. The van der Waals surface area contributed by atoms with Gasteiger partial charge < -0.3 is 5.32 Å². The van der Waals surface area contributed by atoms with Crippen LogP contribution in [0.2, 0.25) is 4.47 Å². The van der Waals surface area contributed by atoms with E-state index in [4.69, 9.17) is 11.6 Å². The Morgan fingerprint density at radius 1 is 1.50 bits per heavy atom. The van der Waals surface area contributed by atoms with E-state index >= 15 is 0 Å². The van der Waals surface area contributed by atoms with E-state index < -0.39 is 21.5 Å². The fraction of sp³-hybridized carbons (Fsp3) is 0.556. The zero-order valence-corrected chi connectivity index (χ0v) is 12.5. The van der Waals surface area contributed by atoms with Crippen molar-refractivity contribution in [3.8, 4) is 0 Å². The lowest BCUT2D eigenvalue weighted by Gasteiger charge is -2.20. The molecule has 1 rings (SSSR count). The molecule has 0 atom stereocenters. The number of nitrogens with one attached hydrogen (secondary N) is 2. The molecule has 2 N–H and O–H groups in total. The lowest BCUT2D eigenvalue weighted by atomic mass is 10.1. The molecule has 0 bridgehead atoms. The van der Waals surface area contributed by atoms with E-state index in [1.54, 1.807) is 0 Å². The molecule has 102 valence electrons. The highest BCUT2D eigenvalue weighted by atomic mass is 35.5. The van der Waals surface area contributed by atoms with Crippen LogP contribution in [0.1, 0.15) is 20.8 Å². The molecule has 0 unspecified atom stereocenters. The molecule has 0 saturated heterocycles. The molecule has 0 aliphatic heterocycles. The third-order valence-electron chi connectivity index (χ3n) is 1.66. The van der Waals surface area contributed by atoms with Crippen LogP contribution >= 0.6 is 22.9 Å². The van der Waals surface area contributed by atoms with Crippen molar-refractivity contribution >= 4 is 38.9 Å². The number of nitrogens with zero attached hydrogens (tertiary/aromatic N) is 1. The number of thiazole rings is 1. The Hall–Kier alpha value is -0.700. The second-order valence-corrected chi connectivity index (χ2v) is 8.16. The fourth-order valence-corrected chi connectivity index (χ4v) is 3.38. The maximum absolute atomic E-state index is 11.7. The van der Waals surface area contributed by atoms with E-state index in [0.717, 1.165) is 17.5 Å². The Morgan fingerprint density at radius 3 is 2.56 bits per heavy atom. The van der Waals surface area contributed by atoms with Crippen LogP contribution in [0.3, 0.4) is 0 Å². The molecule has 1 heterocycles. The van der Waals surface area contributed by atoms with Gasteiger partial charge in [-0.15, -0.1) is 0 Å². The Labute approximate surface area is 115 Å². The zero-order chi connectivity index (χ0) is 14.0. The summed E-state index contributed by atoms with van der Waals surface area (Å²) in [6.07, 6.45) is 1.15. The topological polar surface area (TPSA) is 88.2 Å². The number of carbonyl (C=O) groups excluding carboxylic acids is 1.